The average molecular weight is 340 g/mol. The minimum Gasteiger partial charge on any atom is -0.271 e. The molecule has 122 valence electrons. The highest BCUT2D eigenvalue weighted by Crippen LogP contribution is 2.15. The maximum atomic E-state index is 12.0. The number of amides is 1. The number of carbonyl (C=O) groups excluding carboxylic acids is 1. The lowest BCUT2D eigenvalue weighted by Crippen LogP contribution is -2.25. The van der Waals surface area contributed by atoms with Crippen LogP contribution in [0.1, 0.15) is 16.7 Å². The van der Waals surface area contributed by atoms with E-state index in [1.807, 2.05) is 56.3 Å². The molecule has 3 rings (SSSR count). The van der Waals surface area contributed by atoms with Gasteiger partial charge in [-0.25, -0.2) is 5.43 Å². The Morgan fingerprint density at radius 1 is 1.25 bits per heavy atom. The highest BCUT2D eigenvalue weighted by molar-refractivity contribution is 7.14. The van der Waals surface area contributed by atoms with Crippen molar-refractivity contribution in [3.05, 3.63) is 52.2 Å². The summed E-state index contributed by atoms with van der Waals surface area (Å²) in [6.07, 6.45) is 0. The topological polar surface area (TPSA) is 85.1 Å². The standard InChI is InChI=1S/C16H16N6OS/c1-11-8-9-14(24-11)12(2)17-18-15(23)10-22-20-16(19-21-22)13-6-4-3-5-7-13/h3-9H,10H2,1-2H3,(H,18,23)/b17-12-. The number of aryl methyl sites for hydroxylation is 1. The van der Waals surface area contributed by atoms with Crippen LogP contribution in [0.5, 0.6) is 0 Å². The number of tetrazole rings is 1. The Kier molecular flexibility index (Phi) is 4.76. The summed E-state index contributed by atoms with van der Waals surface area (Å²) >= 11 is 1.63. The third-order valence-electron chi connectivity index (χ3n) is 3.22. The van der Waals surface area contributed by atoms with Gasteiger partial charge in [0.25, 0.3) is 5.91 Å². The Labute approximate surface area is 143 Å². The Balaban J connectivity index is 1.60. The summed E-state index contributed by atoms with van der Waals surface area (Å²) in [4.78, 5) is 15.4. The number of hydrazone groups is 1. The highest BCUT2D eigenvalue weighted by Gasteiger charge is 2.09. The van der Waals surface area contributed by atoms with Gasteiger partial charge in [-0.2, -0.15) is 9.90 Å². The van der Waals surface area contributed by atoms with E-state index in [1.54, 1.807) is 11.3 Å². The molecule has 1 amide bonds. The Morgan fingerprint density at radius 3 is 2.75 bits per heavy atom. The molecule has 0 aliphatic heterocycles. The number of hydrogen-bond acceptors (Lipinski definition) is 6. The normalized spacial score (nSPS) is 11.5. The van der Waals surface area contributed by atoms with E-state index in [-0.39, 0.29) is 12.5 Å². The number of benzene rings is 1. The Hall–Kier alpha value is -2.87. The second-order valence-corrected chi connectivity index (χ2v) is 6.44. The molecule has 3 aromatic rings. The molecule has 8 heteroatoms. The van der Waals surface area contributed by atoms with Crippen LogP contribution in [0.3, 0.4) is 0 Å². The molecular weight excluding hydrogens is 324 g/mol. The molecule has 24 heavy (non-hydrogen) atoms. The van der Waals surface area contributed by atoms with Gasteiger partial charge in [-0.1, -0.05) is 30.3 Å². The number of nitrogens with one attached hydrogen (secondary N) is 1. The zero-order chi connectivity index (χ0) is 16.9. The van der Waals surface area contributed by atoms with Gasteiger partial charge in [0, 0.05) is 10.4 Å². The SMILES string of the molecule is C/C(=N/NC(=O)Cn1nnc(-c2ccccc2)n1)c1ccc(C)s1. The van der Waals surface area contributed by atoms with Gasteiger partial charge in [-0.05, 0) is 31.2 Å². The van der Waals surface area contributed by atoms with Crippen LogP contribution in [-0.2, 0) is 11.3 Å². The first-order valence-electron chi connectivity index (χ1n) is 7.35. The van der Waals surface area contributed by atoms with Crippen LogP contribution in [0.2, 0.25) is 0 Å². The van der Waals surface area contributed by atoms with Gasteiger partial charge in [-0.3, -0.25) is 4.79 Å². The molecule has 0 fully saturated rings. The molecule has 0 aliphatic rings. The maximum Gasteiger partial charge on any atom is 0.263 e. The summed E-state index contributed by atoms with van der Waals surface area (Å²) in [5.41, 5.74) is 4.13. The van der Waals surface area contributed by atoms with Gasteiger partial charge in [0.15, 0.2) is 0 Å². The summed E-state index contributed by atoms with van der Waals surface area (Å²) in [6, 6.07) is 13.5. The lowest BCUT2D eigenvalue weighted by atomic mass is 10.2. The van der Waals surface area contributed by atoms with E-state index in [0.717, 1.165) is 16.2 Å². The minimum absolute atomic E-state index is 0.0416. The second-order valence-electron chi connectivity index (χ2n) is 5.15. The van der Waals surface area contributed by atoms with Crippen LogP contribution in [0.25, 0.3) is 11.4 Å². The zero-order valence-electron chi connectivity index (χ0n) is 13.3. The number of hydrogen-bond donors (Lipinski definition) is 1. The van der Waals surface area contributed by atoms with Crippen LogP contribution in [-0.4, -0.2) is 31.8 Å². The van der Waals surface area contributed by atoms with Crippen LogP contribution >= 0.6 is 11.3 Å². The quantitative estimate of drug-likeness (QED) is 0.570. The molecular formula is C16H16N6OS. The summed E-state index contributed by atoms with van der Waals surface area (Å²) in [5, 5.41) is 16.1. The van der Waals surface area contributed by atoms with Crippen LogP contribution < -0.4 is 5.43 Å². The van der Waals surface area contributed by atoms with Gasteiger partial charge in [-0.15, -0.1) is 21.5 Å². The van der Waals surface area contributed by atoms with Crippen molar-refractivity contribution in [2.75, 3.05) is 0 Å². The molecule has 0 saturated carbocycles. The fourth-order valence-electron chi connectivity index (χ4n) is 2.01. The summed E-state index contributed by atoms with van der Waals surface area (Å²) in [6.45, 7) is 3.84. The van der Waals surface area contributed by atoms with Crippen molar-refractivity contribution in [3.63, 3.8) is 0 Å². The van der Waals surface area contributed by atoms with Crippen molar-refractivity contribution in [2.45, 2.75) is 20.4 Å². The molecule has 1 aromatic carbocycles. The molecule has 2 heterocycles. The van der Waals surface area contributed by atoms with Crippen LogP contribution in [0.15, 0.2) is 47.6 Å². The number of thiophene rings is 1. The summed E-state index contributed by atoms with van der Waals surface area (Å²) in [7, 11) is 0. The molecule has 0 aliphatic carbocycles. The van der Waals surface area contributed by atoms with E-state index in [9.17, 15) is 4.79 Å². The van der Waals surface area contributed by atoms with E-state index < -0.39 is 0 Å². The summed E-state index contributed by atoms with van der Waals surface area (Å²) < 4.78 is 0. The van der Waals surface area contributed by atoms with Gasteiger partial charge in [0.05, 0.1) is 10.6 Å². The van der Waals surface area contributed by atoms with E-state index in [0.29, 0.717) is 5.82 Å². The predicted octanol–water partition coefficient (Wildman–Crippen LogP) is 2.25. The van der Waals surface area contributed by atoms with Gasteiger partial charge < -0.3 is 0 Å². The van der Waals surface area contributed by atoms with E-state index in [2.05, 4.69) is 25.9 Å². The first-order chi connectivity index (χ1) is 11.6. The van der Waals surface area contributed by atoms with Crippen molar-refractivity contribution in [3.8, 4) is 11.4 Å². The molecule has 0 bridgehead atoms. The van der Waals surface area contributed by atoms with Gasteiger partial charge in [0.1, 0.15) is 6.54 Å². The molecule has 0 spiro atoms. The van der Waals surface area contributed by atoms with Gasteiger partial charge >= 0.3 is 0 Å². The van der Waals surface area contributed by atoms with Crippen LogP contribution in [0, 0.1) is 6.92 Å². The number of carbonyl (C=O) groups is 1. The second kappa shape index (κ2) is 7.14. The van der Waals surface area contributed by atoms with E-state index in [4.69, 9.17) is 0 Å². The third-order valence-corrected chi connectivity index (χ3v) is 4.32. The van der Waals surface area contributed by atoms with Crippen LogP contribution in [0.4, 0.5) is 0 Å². The highest BCUT2D eigenvalue weighted by atomic mass is 32.1. The van der Waals surface area contributed by atoms with E-state index in [1.165, 1.54) is 9.67 Å². The Morgan fingerprint density at radius 2 is 2.04 bits per heavy atom. The number of rotatable bonds is 5. The molecule has 2 aromatic heterocycles. The minimum atomic E-state index is -0.306. The van der Waals surface area contributed by atoms with Crippen molar-refractivity contribution < 1.29 is 4.79 Å². The van der Waals surface area contributed by atoms with Gasteiger partial charge in [0.2, 0.25) is 5.82 Å². The number of aromatic nitrogens is 4. The maximum absolute atomic E-state index is 12.0. The molecule has 0 atom stereocenters. The third kappa shape index (κ3) is 3.90. The first kappa shape index (κ1) is 16.0. The monoisotopic (exact) mass is 340 g/mol. The Bertz CT molecular complexity index is 868. The average Bonchev–Trinajstić information content (AvgIpc) is 3.23. The fraction of sp³-hybridized carbons (Fsp3) is 0.188. The summed E-state index contributed by atoms with van der Waals surface area (Å²) in [5.74, 6) is 0.178. The molecule has 7 nitrogen and oxygen atoms in total. The van der Waals surface area contributed by atoms with Crippen molar-refractivity contribution in [1.82, 2.24) is 25.6 Å². The molecule has 0 radical (unpaired) electrons. The largest absolute Gasteiger partial charge is 0.271 e. The van der Waals surface area contributed by atoms with Crippen molar-refractivity contribution >= 4 is 23.0 Å². The smallest absolute Gasteiger partial charge is 0.263 e. The van der Waals surface area contributed by atoms with Crippen molar-refractivity contribution in [2.24, 2.45) is 5.10 Å². The lowest BCUT2D eigenvalue weighted by molar-refractivity contribution is -0.122. The van der Waals surface area contributed by atoms with E-state index >= 15 is 0 Å². The van der Waals surface area contributed by atoms with Crippen molar-refractivity contribution in [1.29, 1.82) is 0 Å². The number of nitrogens with zero attached hydrogens (tertiary/aromatic N) is 5. The molecule has 0 saturated heterocycles. The lowest BCUT2D eigenvalue weighted by Gasteiger charge is -2.00. The first-order valence-corrected chi connectivity index (χ1v) is 8.16. The fourth-order valence-corrected chi connectivity index (χ4v) is 2.82. The molecule has 1 N–H and O–H groups in total. The predicted molar refractivity (Wildman–Crippen MR) is 92.7 cm³/mol. The molecule has 0 unspecified atom stereocenters. The zero-order valence-corrected chi connectivity index (χ0v) is 14.1.